The summed E-state index contributed by atoms with van der Waals surface area (Å²) >= 11 is 0. The second-order valence-corrected chi connectivity index (χ2v) is 6.78. The third-order valence-corrected chi connectivity index (χ3v) is 4.95. The van der Waals surface area contributed by atoms with Crippen LogP contribution < -0.4 is 5.32 Å². The van der Waals surface area contributed by atoms with Crippen molar-refractivity contribution in [3.63, 3.8) is 0 Å². The van der Waals surface area contributed by atoms with E-state index in [9.17, 15) is 8.42 Å². The Morgan fingerprint density at radius 1 is 1.20 bits per heavy atom. The third-order valence-electron chi connectivity index (χ3n) is 3.22. The normalized spacial score (nSPS) is 31.9. The summed E-state index contributed by atoms with van der Waals surface area (Å²) in [5.41, 5.74) is 0. The summed E-state index contributed by atoms with van der Waals surface area (Å²) in [6, 6.07) is 0. The van der Waals surface area contributed by atoms with Gasteiger partial charge in [-0.2, -0.15) is 0 Å². The number of ether oxygens (including phenoxy) is 1. The fraction of sp³-hybridized carbons (Fsp3) is 1.00. The molecule has 2 aliphatic heterocycles. The zero-order chi connectivity index (χ0) is 10.7. The molecular weight excluding hydrogens is 214 g/mol. The van der Waals surface area contributed by atoms with Crippen LogP contribution in [0.4, 0.5) is 0 Å². The Morgan fingerprint density at radius 3 is 2.53 bits per heavy atom. The Morgan fingerprint density at radius 2 is 1.93 bits per heavy atom. The van der Waals surface area contributed by atoms with Crippen LogP contribution in [-0.4, -0.2) is 45.7 Å². The first-order valence-electron chi connectivity index (χ1n) is 5.68. The minimum atomic E-state index is -2.79. The van der Waals surface area contributed by atoms with Gasteiger partial charge in [0.15, 0.2) is 9.84 Å². The molecular formula is C10H19NO3S. The summed E-state index contributed by atoms with van der Waals surface area (Å²) in [7, 11) is -2.79. The molecule has 0 aromatic carbocycles. The second-order valence-electron chi connectivity index (χ2n) is 4.55. The molecule has 1 unspecified atom stereocenters. The SMILES string of the molecule is O=S1(=O)CCC(OCC2CCNCC2)C1. The molecule has 4 nitrogen and oxygen atoms in total. The Balaban J connectivity index is 1.70. The molecule has 15 heavy (non-hydrogen) atoms. The van der Waals surface area contributed by atoms with E-state index in [2.05, 4.69) is 5.32 Å². The van der Waals surface area contributed by atoms with Crippen LogP contribution >= 0.6 is 0 Å². The van der Waals surface area contributed by atoms with Gasteiger partial charge in [-0.05, 0) is 38.3 Å². The molecule has 2 rings (SSSR count). The van der Waals surface area contributed by atoms with Crippen LogP contribution in [-0.2, 0) is 14.6 Å². The van der Waals surface area contributed by atoms with Gasteiger partial charge in [0.2, 0.25) is 0 Å². The Labute approximate surface area is 91.3 Å². The molecule has 2 fully saturated rings. The van der Waals surface area contributed by atoms with Gasteiger partial charge >= 0.3 is 0 Å². The lowest BCUT2D eigenvalue weighted by molar-refractivity contribution is 0.0370. The van der Waals surface area contributed by atoms with Crippen molar-refractivity contribution >= 4 is 9.84 Å². The van der Waals surface area contributed by atoms with E-state index in [1.807, 2.05) is 0 Å². The lowest BCUT2D eigenvalue weighted by Gasteiger charge is -2.23. The van der Waals surface area contributed by atoms with Crippen molar-refractivity contribution in [2.24, 2.45) is 5.92 Å². The van der Waals surface area contributed by atoms with Crippen LogP contribution in [0.5, 0.6) is 0 Å². The highest BCUT2D eigenvalue weighted by molar-refractivity contribution is 7.91. The Bertz CT molecular complexity index is 296. The number of piperidine rings is 1. The number of sulfone groups is 1. The molecule has 0 radical (unpaired) electrons. The number of rotatable bonds is 3. The molecule has 0 saturated carbocycles. The van der Waals surface area contributed by atoms with Gasteiger partial charge in [0.05, 0.1) is 17.6 Å². The van der Waals surface area contributed by atoms with E-state index in [1.165, 1.54) is 0 Å². The molecule has 0 aromatic heterocycles. The largest absolute Gasteiger partial charge is 0.377 e. The second kappa shape index (κ2) is 4.80. The van der Waals surface area contributed by atoms with Crippen LogP contribution in [0.3, 0.4) is 0 Å². The monoisotopic (exact) mass is 233 g/mol. The topological polar surface area (TPSA) is 55.4 Å². The maximum absolute atomic E-state index is 11.2. The van der Waals surface area contributed by atoms with Crippen molar-refractivity contribution < 1.29 is 13.2 Å². The molecule has 0 amide bonds. The first kappa shape index (κ1) is 11.4. The quantitative estimate of drug-likeness (QED) is 0.756. The molecule has 88 valence electrons. The van der Waals surface area contributed by atoms with Gasteiger partial charge in [-0.1, -0.05) is 0 Å². The zero-order valence-corrected chi connectivity index (χ0v) is 9.76. The van der Waals surface area contributed by atoms with Gasteiger partial charge in [0, 0.05) is 6.61 Å². The molecule has 2 saturated heterocycles. The van der Waals surface area contributed by atoms with E-state index < -0.39 is 9.84 Å². The molecule has 0 bridgehead atoms. The van der Waals surface area contributed by atoms with E-state index in [0.717, 1.165) is 32.5 Å². The number of hydrogen-bond acceptors (Lipinski definition) is 4. The average Bonchev–Trinajstić information content (AvgIpc) is 2.57. The van der Waals surface area contributed by atoms with Crippen LogP contribution in [0.1, 0.15) is 19.3 Å². The highest BCUT2D eigenvalue weighted by Gasteiger charge is 2.29. The van der Waals surface area contributed by atoms with Gasteiger partial charge in [0.25, 0.3) is 0 Å². The van der Waals surface area contributed by atoms with Gasteiger partial charge in [0.1, 0.15) is 0 Å². The standard InChI is InChI=1S/C10H19NO3S/c12-15(13)6-3-10(8-15)14-7-9-1-4-11-5-2-9/h9-11H,1-8H2. The Hall–Kier alpha value is -0.130. The van der Waals surface area contributed by atoms with Crippen molar-refractivity contribution in [3.05, 3.63) is 0 Å². The highest BCUT2D eigenvalue weighted by atomic mass is 32.2. The molecule has 0 aromatic rings. The third kappa shape index (κ3) is 3.43. The van der Waals surface area contributed by atoms with Crippen molar-refractivity contribution in [2.75, 3.05) is 31.2 Å². The summed E-state index contributed by atoms with van der Waals surface area (Å²) in [4.78, 5) is 0. The van der Waals surface area contributed by atoms with E-state index in [4.69, 9.17) is 4.74 Å². The fourth-order valence-electron chi connectivity index (χ4n) is 2.21. The highest BCUT2D eigenvalue weighted by Crippen LogP contribution is 2.18. The van der Waals surface area contributed by atoms with Crippen LogP contribution in [0.15, 0.2) is 0 Å². The maximum Gasteiger partial charge on any atom is 0.152 e. The van der Waals surface area contributed by atoms with E-state index in [-0.39, 0.29) is 11.9 Å². The minimum Gasteiger partial charge on any atom is -0.377 e. The van der Waals surface area contributed by atoms with Crippen LogP contribution in [0.2, 0.25) is 0 Å². The van der Waals surface area contributed by atoms with Crippen molar-refractivity contribution in [1.29, 1.82) is 0 Å². The van der Waals surface area contributed by atoms with E-state index in [1.54, 1.807) is 0 Å². The average molecular weight is 233 g/mol. The van der Waals surface area contributed by atoms with Crippen molar-refractivity contribution in [2.45, 2.75) is 25.4 Å². The summed E-state index contributed by atoms with van der Waals surface area (Å²) in [6.07, 6.45) is 2.96. The van der Waals surface area contributed by atoms with E-state index >= 15 is 0 Å². The maximum atomic E-state index is 11.2. The summed E-state index contributed by atoms with van der Waals surface area (Å²) in [6.45, 7) is 2.87. The predicted molar refractivity (Wildman–Crippen MR) is 58.6 cm³/mol. The summed E-state index contributed by atoms with van der Waals surface area (Å²) < 4.78 is 28.1. The van der Waals surface area contributed by atoms with Crippen molar-refractivity contribution in [1.82, 2.24) is 5.32 Å². The summed E-state index contributed by atoms with van der Waals surface area (Å²) in [5.74, 6) is 1.16. The number of hydrogen-bond donors (Lipinski definition) is 1. The molecule has 0 aliphatic carbocycles. The lowest BCUT2D eigenvalue weighted by atomic mass is 9.99. The Kier molecular flexibility index (Phi) is 3.64. The first-order valence-corrected chi connectivity index (χ1v) is 7.50. The van der Waals surface area contributed by atoms with Gasteiger partial charge in [-0.3, -0.25) is 0 Å². The molecule has 5 heteroatoms. The smallest absolute Gasteiger partial charge is 0.152 e. The fourth-order valence-corrected chi connectivity index (χ4v) is 3.83. The van der Waals surface area contributed by atoms with Crippen LogP contribution in [0, 0.1) is 5.92 Å². The van der Waals surface area contributed by atoms with Gasteiger partial charge < -0.3 is 10.1 Å². The number of nitrogens with one attached hydrogen (secondary N) is 1. The lowest BCUT2D eigenvalue weighted by Crippen LogP contribution is -2.31. The van der Waals surface area contributed by atoms with Gasteiger partial charge in [-0.15, -0.1) is 0 Å². The molecule has 1 N–H and O–H groups in total. The van der Waals surface area contributed by atoms with E-state index in [0.29, 0.717) is 18.1 Å². The molecule has 2 aliphatic rings. The molecule has 0 spiro atoms. The van der Waals surface area contributed by atoms with Crippen LogP contribution in [0.25, 0.3) is 0 Å². The molecule has 2 heterocycles. The summed E-state index contributed by atoms with van der Waals surface area (Å²) in [5, 5.41) is 3.30. The van der Waals surface area contributed by atoms with Gasteiger partial charge in [-0.25, -0.2) is 8.42 Å². The minimum absolute atomic E-state index is 0.0371. The predicted octanol–water partition coefficient (Wildman–Crippen LogP) is 0.190. The zero-order valence-electron chi connectivity index (χ0n) is 8.94. The molecule has 1 atom stereocenters. The first-order chi connectivity index (χ1) is 7.16. The van der Waals surface area contributed by atoms with Crippen molar-refractivity contribution in [3.8, 4) is 0 Å².